The predicted molar refractivity (Wildman–Crippen MR) is 99.2 cm³/mol. The minimum Gasteiger partial charge on any atom is -0.494 e. The van der Waals surface area contributed by atoms with Crippen molar-refractivity contribution in [2.45, 2.75) is 39.7 Å². The lowest BCUT2D eigenvalue weighted by Gasteiger charge is -2.21. The van der Waals surface area contributed by atoms with Crippen LogP contribution in [0.1, 0.15) is 33.6 Å². The molecule has 1 aliphatic heterocycles. The van der Waals surface area contributed by atoms with Gasteiger partial charge in [0.05, 0.1) is 25.4 Å². The molecule has 0 radical (unpaired) electrons. The molecule has 24 heavy (non-hydrogen) atoms. The Hall–Kier alpha value is -1.95. The van der Waals surface area contributed by atoms with Crippen molar-refractivity contribution in [1.29, 1.82) is 0 Å². The number of likely N-dealkylation sites (N-methyl/N-ethyl adjacent to an activating group) is 1. The highest BCUT2D eigenvalue weighted by atomic mass is 16.5. The number of guanidine groups is 1. The molecule has 0 amide bonds. The van der Waals surface area contributed by atoms with Crippen LogP contribution in [0.4, 0.5) is 5.69 Å². The molecular formula is C18H30N4O2. The van der Waals surface area contributed by atoms with Crippen LogP contribution in [0, 0.1) is 0 Å². The number of nitrogens with zero attached hydrogens (tertiary/aromatic N) is 2. The van der Waals surface area contributed by atoms with Gasteiger partial charge in [0, 0.05) is 12.1 Å². The molecule has 6 heteroatoms. The van der Waals surface area contributed by atoms with Crippen molar-refractivity contribution in [3.63, 3.8) is 0 Å². The van der Waals surface area contributed by atoms with Crippen molar-refractivity contribution in [2.24, 2.45) is 10.7 Å². The third kappa shape index (κ3) is 5.03. The van der Waals surface area contributed by atoms with E-state index < -0.39 is 0 Å². The minimum atomic E-state index is 0.410. The minimum absolute atomic E-state index is 0.410. The summed E-state index contributed by atoms with van der Waals surface area (Å²) in [5, 5.41) is 3.16. The molecule has 1 aromatic carbocycles. The van der Waals surface area contributed by atoms with E-state index in [0.29, 0.717) is 25.2 Å². The quantitative estimate of drug-likeness (QED) is 0.565. The average Bonchev–Trinajstić information content (AvgIpc) is 3.03. The SMILES string of the molecule is CCOc1ccc(OCC)c(NC(N)=NCC2CCCN2CC)c1. The summed E-state index contributed by atoms with van der Waals surface area (Å²) in [5.74, 6) is 1.94. The molecule has 1 saturated heterocycles. The Morgan fingerprint density at radius 1 is 1.29 bits per heavy atom. The monoisotopic (exact) mass is 334 g/mol. The van der Waals surface area contributed by atoms with Crippen LogP contribution < -0.4 is 20.5 Å². The molecule has 1 unspecified atom stereocenters. The largest absolute Gasteiger partial charge is 0.494 e. The van der Waals surface area contributed by atoms with Gasteiger partial charge in [0.1, 0.15) is 11.5 Å². The third-order valence-electron chi connectivity index (χ3n) is 4.20. The maximum atomic E-state index is 6.08. The predicted octanol–water partition coefficient (Wildman–Crippen LogP) is 2.69. The highest BCUT2D eigenvalue weighted by molar-refractivity contribution is 5.94. The first kappa shape index (κ1) is 18.4. The molecule has 1 aromatic rings. The molecule has 2 rings (SSSR count). The van der Waals surface area contributed by atoms with Crippen molar-refractivity contribution in [3.05, 3.63) is 18.2 Å². The van der Waals surface area contributed by atoms with Gasteiger partial charge in [-0.1, -0.05) is 6.92 Å². The van der Waals surface area contributed by atoms with E-state index in [0.717, 1.165) is 36.8 Å². The Balaban J connectivity index is 2.04. The Morgan fingerprint density at radius 3 is 2.79 bits per heavy atom. The molecule has 0 aliphatic carbocycles. The summed E-state index contributed by atoms with van der Waals surface area (Å²) in [6.45, 7) is 10.3. The summed E-state index contributed by atoms with van der Waals surface area (Å²) in [6, 6.07) is 6.17. The zero-order valence-electron chi connectivity index (χ0n) is 15.0. The first-order chi connectivity index (χ1) is 11.7. The molecular weight excluding hydrogens is 304 g/mol. The normalized spacial score (nSPS) is 18.6. The van der Waals surface area contributed by atoms with Crippen LogP contribution in [-0.2, 0) is 0 Å². The number of likely N-dealkylation sites (tertiary alicyclic amines) is 1. The second-order valence-electron chi connectivity index (χ2n) is 5.80. The zero-order valence-corrected chi connectivity index (χ0v) is 15.0. The van der Waals surface area contributed by atoms with E-state index in [1.165, 1.54) is 12.8 Å². The zero-order chi connectivity index (χ0) is 17.4. The van der Waals surface area contributed by atoms with Crippen LogP contribution in [0.15, 0.2) is 23.2 Å². The van der Waals surface area contributed by atoms with E-state index in [2.05, 4.69) is 22.1 Å². The first-order valence-electron chi connectivity index (χ1n) is 8.88. The van der Waals surface area contributed by atoms with Gasteiger partial charge in [-0.3, -0.25) is 9.89 Å². The van der Waals surface area contributed by atoms with Gasteiger partial charge in [0.25, 0.3) is 0 Å². The Labute approximate surface area is 145 Å². The van der Waals surface area contributed by atoms with Crippen LogP contribution >= 0.6 is 0 Å². The van der Waals surface area contributed by atoms with Crippen molar-refractivity contribution in [2.75, 3.05) is 38.2 Å². The van der Waals surface area contributed by atoms with Gasteiger partial charge in [0.2, 0.25) is 0 Å². The fourth-order valence-corrected chi connectivity index (χ4v) is 3.04. The number of nitrogens with two attached hydrogens (primary N) is 1. The van der Waals surface area contributed by atoms with Crippen molar-refractivity contribution in [3.8, 4) is 11.5 Å². The molecule has 0 saturated carbocycles. The first-order valence-corrected chi connectivity index (χ1v) is 8.88. The van der Waals surface area contributed by atoms with Crippen LogP contribution in [0.25, 0.3) is 0 Å². The van der Waals surface area contributed by atoms with Gasteiger partial charge in [-0.2, -0.15) is 0 Å². The Kier molecular flexibility index (Phi) is 7.18. The topological polar surface area (TPSA) is 72.1 Å². The van der Waals surface area contributed by atoms with Crippen LogP contribution in [-0.4, -0.2) is 49.7 Å². The summed E-state index contributed by atoms with van der Waals surface area (Å²) >= 11 is 0. The molecule has 0 spiro atoms. The molecule has 6 nitrogen and oxygen atoms in total. The number of aliphatic imine (C=N–C) groups is 1. The van der Waals surface area contributed by atoms with Gasteiger partial charge in [-0.25, -0.2) is 0 Å². The maximum Gasteiger partial charge on any atom is 0.193 e. The number of anilines is 1. The number of ether oxygens (including phenoxy) is 2. The summed E-state index contributed by atoms with van der Waals surface area (Å²) in [4.78, 5) is 6.98. The summed E-state index contributed by atoms with van der Waals surface area (Å²) in [7, 11) is 0. The highest BCUT2D eigenvalue weighted by Crippen LogP contribution is 2.29. The molecule has 0 bridgehead atoms. The Bertz CT molecular complexity index is 548. The van der Waals surface area contributed by atoms with E-state index in [1.54, 1.807) is 0 Å². The standard InChI is InChI=1S/C18H30N4O2/c1-4-22-11-7-8-14(22)13-20-18(19)21-16-12-15(23-5-2)9-10-17(16)24-6-3/h9-10,12,14H,4-8,11,13H2,1-3H3,(H3,19,20,21). The van der Waals surface area contributed by atoms with E-state index in [9.17, 15) is 0 Å². The molecule has 3 N–H and O–H groups in total. The average molecular weight is 334 g/mol. The second-order valence-corrected chi connectivity index (χ2v) is 5.80. The molecule has 1 fully saturated rings. The van der Waals surface area contributed by atoms with Gasteiger partial charge in [-0.05, 0) is 51.9 Å². The molecule has 134 valence electrons. The number of rotatable bonds is 8. The van der Waals surface area contributed by atoms with Crippen molar-refractivity contribution in [1.82, 2.24) is 4.90 Å². The fraction of sp³-hybridized carbons (Fsp3) is 0.611. The van der Waals surface area contributed by atoms with E-state index in [-0.39, 0.29) is 0 Å². The smallest absolute Gasteiger partial charge is 0.193 e. The van der Waals surface area contributed by atoms with Gasteiger partial charge in [0.15, 0.2) is 5.96 Å². The number of hydrogen-bond donors (Lipinski definition) is 2. The maximum absolute atomic E-state index is 6.08. The van der Waals surface area contributed by atoms with Crippen LogP contribution in [0.5, 0.6) is 11.5 Å². The highest BCUT2D eigenvalue weighted by Gasteiger charge is 2.22. The summed E-state index contributed by atoms with van der Waals surface area (Å²) < 4.78 is 11.2. The van der Waals surface area contributed by atoms with Crippen LogP contribution in [0.2, 0.25) is 0 Å². The van der Waals surface area contributed by atoms with Crippen molar-refractivity contribution < 1.29 is 9.47 Å². The van der Waals surface area contributed by atoms with Gasteiger partial charge < -0.3 is 20.5 Å². The van der Waals surface area contributed by atoms with Crippen molar-refractivity contribution >= 4 is 11.6 Å². The van der Waals surface area contributed by atoms with Crippen LogP contribution in [0.3, 0.4) is 0 Å². The van der Waals surface area contributed by atoms with E-state index in [4.69, 9.17) is 15.2 Å². The molecule has 1 heterocycles. The second kappa shape index (κ2) is 9.37. The number of hydrogen-bond acceptors (Lipinski definition) is 4. The molecule has 1 atom stereocenters. The number of benzene rings is 1. The Morgan fingerprint density at radius 2 is 2.08 bits per heavy atom. The van der Waals surface area contributed by atoms with Gasteiger partial charge >= 0.3 is 0 Å². The van der Waals surface area contributed by atoms with E-state index >= 15 is 0 Å². The van der Waals surface area contributed by atoms with Gasteiger partial charge in [-0.15, -0.1) is 0 Å². The lowest BCUT2D eigenvalue weighted by atomic mass is 10.2. The summed E-state index contributed by atoms with van der Waals surface area (Å²) in [6.07, 6.45) is 2.43. The number of nitrogens with one attached hydrogen (secondary N) is 1. The summed E-state index contributed by atoms with van der Waals surface area (Å²) in [5.41, 5.74) is 6.86. The molecule has 1 aliphatic rings. The van der Waals surface area contributed by atoms with E-state index in [1.807, 2.05) is 32.0 Å². The third-order valence-corrected chi connectivity index (χ3v) is 4.20. The lowest BCUT2D eigenvalue weighted by molar-refractivity contribution is 0.273. The molecule has 0 aromatic heterocycles. The lowest BCUT2D eigenvalue weighted by Crippen LogP contribution is -2.33. The fourth-order valence-electron chi connectivity index (χ4n) is 3.04.